The van der Waals surface area contributed by atoms with Crippen LogP contribution in [0, 0.1) is 11.6 Å². The average molecular weight is 330 g/mol. The minimum atomic E-state index is -0.847. The van der Waals surface area contributed by atoms with E-state index in [0.717, 1.165) is 24.5 Å². The van der Waals surface area contributed by atoms with Crippen LogP contribution in [0.4, 0.5) is 14.6 Å². The number of hydrogen-bond acceptors (Lipinski definition) is 4. The average Bonchev–Trinajstić information content (AvgIpc) is 2.59. The first-order valence-electron chi connectivity index (χ1n) is 7.54. The molecule has 5 nitrogen and oxygen atoms in total. The number of nitrogens with two attached hydrogens (primary N) is 1. The molecular weight excluding hydrogens is 314 g/mol. The Labute approximate surface area is 137 Å². The van der Waals surface area contributed by atoms with Gasteiger partial charge in [-0.15, -0.1) is 0 Å². The SMILES string of the molecule is NC(=O)c1cncc(N2CCC(=Cc3ccc(F)c(F)c3)CC2)n1. The Morgan fingerprint density at radius 1 is 1.17 bits per heavy atom. The topological polar surface area (TPSA) is 72.1 Å². The van der Waals surface area contributed by atoms with Gasteiger partial charge in [0, 0.05) is 13.1 Å². The highest BCUT2D eigenvalue weighted by Crippen LogP contribution is 2.23. The minimum absolute atomic E-state index is 0.135. The molecule has 0 bridgehead atoms. The second kappa shape index (κ2) is 6.74. The van der Waals surface area contributed by atoms with Crippen LogP contribution in [0.2, 0.25) is 0 Å². The Morgan fingerprint density at radius 2 is 1.92 bits per heavy atom. The third-order valence-electron chi connectivity index (χ3n) is 3.92. The number of nitrogens with zero attached hydrogens (tertiary/aromatic N) is 3. The summed E-state index contributed by atoms with van der Waals surface area (Å²) in [6.45, 7) is 1.40. The molecule has 0 spiro atoms. The summed E-state index contributed by atoms with van der Waals surface area (Å²) in [4.78, 5) is 21.4. The summed E-state index contributed by atoms with van der Waals surface area (Å²) in [6.07, 6.45) is 6.34. The van der Waals surface area contributed by atoms with Gasteiger partial charge in [-0.25, -0.2) is 13.8 Å². The first-order valence-corrected chi connectivity index (χ1v) is 7.54. The van der Waals surface area contributed by atoms with E-state index < -0.39 is 17.5 Å². The van der Waals surface area contributed by atoms with E-state index in [9.17, 15) is 13.6 Å². The number of aromatic nitrogens is 2. The summed E-state index contributed by atoms with van der Waals surface area (Å²) < 4.78 is 26.2. The van der Waals surface area contributed by atoms with Gasteiger partial charge in [0.15, 0.2) is 11.6 Å². The van der Waals surface area contributed by atoms with Crippen LogP contribution in [0.1, 0.15) is 28.9 Å². The van der Waals surface area contributed by atoms with Crippen LogP contribution in [-0.4, -0.2) is 29.0 Å². The number of hydrogen-bond donors (Lipinski definition) is 1. The van der Waals surface area contributed by atoms with Crippen molar-refractivity contribution in [1.82, 2.24) is 9.97 Å². The third-order valence-corrected chi connectivity index (χ3v) is 3.92. The zero-order chi connectivity index (χ0) is 17.1. The highest BCUT2D eigenvalue weighted by atomic mass is 19.2. The number of primary amides is 1. The Kier molecular flexibility index (Phi) is 4.50. The molecule has 2 heterocycles. The van der Waals surface area contributed by atoms with E-state index in [0.29, 0.717) is 24.5 Å². The molecule has 0 radical (unpaired) electrons. The van der Waals surface area contributed by atoms with E-state index in [2.05, 4.69) is 9.97 Å². The van der Waals surface area contributed by atoms with Gasteiger partial charge in [0.25, 0.3) is 5.91 Å². The molecule has 1 aliphatic heterocycles. The van der Waals surface area contributed by atoms with E-state index in [4.69, 9.17) is 5.73 Å². The van der Waals surface area contributed by atoms with Crippen LogP contribution in [0.3, 0.4) is 0 Å². The van der Waals surface area contributed by atoms with Crippen LogP contribution in [0.15, 0.2) is 36.2 Å². The first-order chi connectivity index (χ1) is 11.5. The summed E-state index contributed by atoms with van der Waals surface area (Å²) in [5.41, 5.74) is 7.15. The fourth-order valence-electron chi connectivity index (χ4n) is 2.63. The maximum Gasteiger partial charge on any atom is 0.268 e. The Balaban J connectivity index is 1.69. The van der Waals surface area contributed by atoms with Gasteiger partial charge in [-0.05, 0) is 30.5 Å². The van der Waals surface area contributed by atoms with Crippen LogP contribution < -0.4 is 10.6 Å². The van der Waals surface area contributed by atoms with Crippen molar-refractivity contribution in [3.63, 3.8) is 0 Å². The second-order valence-electron chi connectivity index (χ2n) is 5.59. The van der Waals surface area contributed by atoms with E-state index >= 15 is 0 Å². The Bertz CT molecular complexity index is 797. The number of piperidine rings is 1. The van der Waals surface area contributed by atoms with Gasteiger partial charge < -0.3 is 10.6 Å². The van der Waals surface area contributed by atoms with Gasteiger partial charge in [0.2, 0.25) is 0 Å². The molecular formula is C17H16F2N4O. The number of anilines is 1. The smallest absolute Gasteiger partial charge is 0.268 e. The minimum Gasteiger partial charge on any atom is -0.364 e. The lowest BCUT2D eigenvalue weighted by Crippen LogP contribution is -2.32. The van der Waals surface area contributed by atoms with E-state index in [1.54, 1.807) is 12.3 Å². The number of rotatable bonds is 3. The van der Waals surface area contributed by atoms with Gasteiger partial charge in [0.1, 0.15) is 11.5 Å². The Hall–Kier alpha value is -2.83. The Morgan fingerprint density at radius 3 is 2.58 bits per heavy atom. The summed E-state index contributed by atoms with van der Waals surface area (Å²) >= 11 is 0. The van der Waals surface area contributed by atoms with Gasteiger partial charge in [-0.2, -0.15) is 0 Å². The molecule has 24 heavy (non-hydrogen) atoms. The predicted octanol–water partition coefficient (Wildman–Crippen LogP) is 2.54. The van der Waals surface area contributed by atoms with Crippen molar-refractivity contribution in [2.24, 2.45) is 5.73 Å². The van der Waals surface area contributed by atoms with Crippen molar-refractivity contribution in [2.45, 2.75) is 12.8 Å². The van der Waals surface area contributed by atoms with Gasteiger partial charge in [-0.1, -0.05) is 17.7 Å². The largest absolute Gasteiger partial charge is 0.364 e. The predicted molar refractivity (Wildman–Crippen MR) is 86.3 cm³/mol. The number of carbonyl (C=O) groups excluding carboxylic acids is 1. The van der Waals surface area contributed by atoms with Crippen LogP contribution in [-0.2, 0) is 0 Å². The number of carbonyl (C=O) groups is 1. The van der Waals surface area contributed by atoms with Crippen molar-refractivity contribution >= 4 is 17.8 Å². The van der Waals surface area contributed by atoms with Crippen molar-refractivity contribution in [3.05, 3.63) is 59.1 Å². The summed E-state index contributed by atoms with van der Waals surface area (Å²) in [5, 5.41) is 0. The lowest BCUT2D eigenvalue weighted by molar-refractivity contribution is 0.0995. The zero-order valence-electron chi connectivity index (χ0n) is 12.9. The van der Waals surface area contributed by atoms with Crippen LogP contribution in [0.5, 0.6) is 0 Å². The zero-order valence-corrected chi connectivity index (χ0v) is 12.9. The fraction of sp³-hybridized carbons (Fsp3) is 0.235. The molecule has 0 atom stereocenters. The highest BCUT2D eigenvalue weighted by molar-refractivity contribution is 5.90. The number of halogens is 2. The number of amides is 1. The van der Waals surface area contributed by atoms with Crippen LogP contribution in [0.25, 0.3) is 6.08 Å². The molecule has 1 fully saturated rings. The fourth-order valence-corrected chi connectivity index (χ4v) is 2.63. The molecule has 7 heteroatoms. The monoisotopic (exact) mass is 330 g/mol. The molecule has 1 amide bonds. The molecule has 1 aromatic carbocycles. The lowest BCUT2D eigenvalue weighted by Gasteiger charge is -2.29. The van der Waals surface area contributed by atoms with E-state index in [1.165, 1.54) is 12.3 Å². The molecule has 0 aliphatic carbocycles. The molecule has 0 unspecified atom stereocenters. The lowest BCUT2D eigenvalue weighted by atomic mass is 10.0. The summed E-state index contributed by atoms with van der Waals surface area (Å²) in [6, 6.07) is 3.87. The van der Waals surface area contributed by atoms with Gasteiger partial charge >= 0.3 is 0 Å². The maximum atomic E-state index is 13.3. The van der Waals surface area contributed by atoms with Crippen molar-refractivity contribution in [3.8, 4) is 0 Å². The van der Waals surface area contributed by atoms with Crippen molar-refractivity contribution in [1.29, 1.82) is 0 Å². The molecule has 124 valence electrons. The van der Waals surface area contributed by atoms with E-state index in [-0.39, 0.29) is 5.69 Å². The van der Waals surface area contributed by atoms with Crippen LogP contribution >= 0.6 is 0 Å². The molecule has 1 aliphatic rings. The normalized spacial score (nSPS) is 14.6. The molecule has 1 aromatic heterocycles. The maximum absolute atomic E-state index is 13.3. The second-order valence-corrected chi connectivity index (χ2v) is 5.59. The molecule has 2 aromatic rings. The van der Waals surface area contributed by atoms with Crippen molar-refractivity contribution < 1.29 is 13.6 Å². The summed E-state index contributed by atoms with van der Waals surface area (Å²) in [5.74, 6) is -1.70. The van der Waals surface area contributed by atoms with Gasteiger partial charge in [-0.3, -0.25) is 9.78 Å². The summed E-state index contributed by atoms with van der Waals surface area (Å²) in [7, 11) is 0. The molecule has 3 rings (SSSR count). The standard InChI is InChI=1S/C17H16F2N4O/c18-13-2-1-12(8-14(13)19)7-11-3-5-23(6-4-11)16-10-21-9-15(22-16)17(20)24/h1-2,7-10H,3-6H2,(H2,20,24). The number of benzene rings is 1. The van der Waals surface area contributed by atoms with Crippen molar-refractivity contribution in [2.75, 3.05) is 18.0 Å². The highest BCUT2D eigenvalue weighted by Gasteiger charge is 2.17. The van der Waals surface area contributed by atoms with Gasteiger partial charge in [0.05, 0.1) is 12.4 Å². The molecule has 1 saturated heterocycles. The third kappa shape index (κ3) is 3.56. The van der Waals surface area contributed by atoms with E-state index in [1.807, 2.05) is 11.0 Å². The molecule has 0 saturated carbocycles. The first kappa shape index (κ1) is 16.0. The quantitative estimate of drug-likeness (QED) is 0.939. The molecule has 2 N–H and O–H groups in total.